The topological polar surface area (TPSA) is 76.4 Å². The fourth-order valence-corrected chi connectivity index (χ4v) is 3.98. The molecule has 1 aromatic heterocycles. The summed E-state index contributed by atoms with van der Waals surface area (Å²) in [5.41, 5.74) is 1.87. The predicted octanol–water partition coefficient (Wildman–Crippen LogP) is 3.99. The number of sulfonamides is 1. The molecule has 25 heavy (non-hydrogen) atoms. The minimum absolute atomic E-state index is 0.118. The van der Waals surface area contributed by atoms with Gasteiger partial charge in [-0.3, -0.25) is 4.79 Å². The van der Waals surface area contributed by atoms with Crippen molar-refractivity contribution in [2.24, 2.45) is 0 Å². The Bertz CT molecular complexity index is 940. The summed E-state index contributed by atoms with van der Waals surface area (Å²) >= 11 is 1.44. The van der Waals surface area contributed by atoms with E-state index < -0.39 is 20.8 Å². The number of fused-ring (bicyclic) bond motifs is 1. The van der Waals surface area contributed by atoms with E-state index in [4.69, 9.17) is 4.42 Å². The third-order valence-electron chi connectivity index (χ3n) is 3.87. The van der Waals surface area contributed by atoms with Crippen molar-refractivity contribution in [1.29, 1.82) is 0 Å². The van der Waals surface area contributed by atoms with Gasteiger partial charge in [0.1, 0.15) is 5.58 Å². The molecule has 2 rings (SSSR count). The molecule has 0 unspecified atom stereocenters. The van der Waals surface area contributed by atoms with Crippen LogP contribution in [0.1, 0.15) is 51.8 Å². The lowest BCUT2D eigenvalue weighted by atomic mass is 10.0. The maximum absolute atomic E-state index is 12.5. The number of hydrogen-bond donors (Lipinski definition) is 1. The zero-order valence-corrected chi connectivity index (χ0v) is 17.1. The minimum atomic E-state index is -3.53. The molecule has 1 heterocycles. The van der Waals surface area contributed by atoms with Gasteiger partial charge in [-0.1, -0.05) is 24.8 Å². The maximum atomic E-state index is 12.5. The lowest BCUT2D eigenvalue weighted by Crippen LogP contribution is -2.40. The van der Waals surface area contributed by atoms with Gasteiger partial charge in [0.05, 0.1) is 10.1 Å². The average molecular weight is 384 g/mol. The van der Waals surface area contributed by atoms with Crippen LogP contribution in [0, 0.1) is 6.92 Å². The van der Waals surface area contributed by atoms with Crippen molar-refractivity contribution in [2.45, 2.75) is 57.4 Å². The first-order chi connectivity index (χ1) is 11.5. The molecule has 0 saturated heterocycles. The van der Waals surface area contributed by atoms with Gasteiger partial charge in [0.15, 0.2) is 10.5 Å². The van der Waals surface area contributed by atoms with Crippen molar-refractivity contribution in [3.8, 4) is 0 Å². The Morgan fingerprint density at radius 1 is 1.24 bits per heavy atom. The summed E-state index contributed by atoms with van der Waals surface area (Å²) in [6.07, 6.45) is 0. The standard InChI is InChI=1S/C18H25NO4S2/c1-7-24-16-10-15(20)14-9-11(2)8-13(17(14)23-16)12(3)19-25(21,22)18(4,5)6/h8-10,12,19H,7H2,1-6H3/t12-/m1/s1. The second-order valence-electron chi connectivity index (χ2n) is 7.05. The normalized spacial score (nSPS) is 14.0. The zero-order valence-electron chi connectivity index (χ0n) is 15.5. The van der Waals surface area contributed by atoms with Crippen LogP contribution >= 0.6 is 11.8 Å². The Morgan fingerprint density at radius 3 is 2.44 bits per heavy atom. The third kappa shape index (κ3) is 4.27. The Balaban J connectivity index is 2.62. The summed E-state index contributed by atoms with van der Waals surface area (Å²) in [6.45, 7) is 10.6. The van der Waals surface area contributed by atoms with E-state index in [1.165, 1.54) is 17.8 Å². The van der Waals surface area contributed by atoms with E-state index in [-0.39, 0.29) is 5.43 Å². The monoisotopic (exact) mass is 383 g/mol. The molecule has 7 heteroatoms. The largest absolute Gasteiger partial charge is 0.449 e. The first-order valence-electron chi connectivity index (χ1n) is 8.19. The molecule has 1 N–H and O–H groups in total. The molecule has 0 aliphatic rings. The Labute approximate surface area is 153 Å². The molecule has 5 nitrogen and oxygen atoms in total. The van der Waals surface area contributed by atoms with E-state index in [0.717, 1.165) is 11.3 Å². The van der Waals surface area contributed by atoms with Crippen LogP contribution < -0.4 is 10.2 Å². The van der Waals surface area contributed by atoms with Crippen molar-refractivity contribution in [1.82, 2.24) is 4.72 Å². The Morgan fingerprint density at radius 2 is 1.88 bits per heavy atom. The molecule has 0 spiro atoms. The van der Waals surface area contributed by atoms with Crippen LogP contribution in [0.25, 0.3) is 11.0 Å². The molecule has 0 aliphatic carbocycles. The summed E-state index contributed by atoms with van der Waals surface area (Å²) in [5.74, 6) is 0.780. The zero-order chi connectivity index (χ0) is 19.0. The minimum Gasteiger partial charge on any atom is -0.449 e. The van der Waals surface area contributed by atoms with Crippen LogP contribution in [0.3, 0.4) is 0 Å². The molecule has 1 atom stereocenters. The van der Waals surface area contributed by atoms with E-state index in [1.807, 2.05) is 19.9 Å². The molecule has 0 aliphatic heterocycles. The molecule has 0 amide bonds. The molecule has 1 aromatic carbocycles. The summed E-state index contributed by atoms with van der Waals surface area (Å²) < 4.78 is 32.7. The highest BCUT2D eigenvalue weighted by atomic mass is 32.2. The molecule has 138 valence electrons. The van der Waals surface area contributed by atoms with Gasteiger partial charge < -0.3 is 4.42 Å². The van der Waals surface area contributed by atoms with E-state index in [9.17, 15) is 13.2 Å². The van der Waals surface area contributed by atoms with Gasteiger partial charge in [0.2, 0.25) is 10.0 Å². The second-order valence-corrected chi connectivity index (χ2v) is 10.8. The van der Waals surface area contributed by atoms with Crippen LogP contribution in [0.5, 0.6) is 0 Å². The van der Waals surface area contributed by atoms with E-state index in [2.05, 4.69) is 4.72 Å². The summed E-state index contributed by atoms with van der Waals surface area (Å²) in [5, 5.41) is 1.01. The number of nitrogens with one attached hydrogen (secondary N) is 1. The molecule has 0 bridgehead atoms. The smallest absolute Gasteiger partial charge is 0.217 e. The molecular weight excluding hydrogens is 358 g/mol. The van der Waals surface area contributed by atoms with Crippen molar-refractivity contribution in [3.05, 3.63) is 39.5 Å². The van der Waals surface area contributed by atoms with Crippen LogP contribution in [0.2, 0.25) is 0 Å². The average Bonchev–Trinajstić information content (AvgIpc) is 2.46. The predicted molar refractivity (Wildman–Crippen MR) is 104 cm³/mol. The quantitative estimate of drug-likeness (QED) is 0.790. The highest BCUT2D eigenvalue weighted by molar-refractivity contribution is 7.99. The van der Waals surface area contributed by atoms with Gasteiger partial charge in [-0.15, -0.1) is 0 Å². The van der Waals surface area contributed by atoms with E-state index in [0.29, 0.717) is 21.6 Å². The summed E-state index contributed by atoms with van der Waals surface area (Å²) in [6, 6.07) is 4.61. The fraction of sp³-hybridized carbons (Fsp3) is 0.500. The first kappa shape index (κ1) is 20.0. The van der Waals surface area contributed by atoms with Crippen molar-refractivity contribution in [3.63, 3.8) is 0 Å². The molecule has 0 saturated carbocycles. The summed E-state index contributed by atoms with van der Waals surface area (Å²) in [4.78, 5) is 12.4. The highest BCUT2D eigenvalue weighted by Crippen LogP contribution is 2.29. The lowest BCUT2D eigenvalue weighted by molar-refractivity contribution is 0.490. The van der Waals surface area contributed by atoms with Crippen molar-refractivity contribution in [2.75, 3.05) is 5.75 Å². The van der Waals surface area contributed by atoms with Gasteiger partial charge in [0.25, 0.3) is 0 Å². The third-order valence-corrected chi connectivity index (χ3v) is 6.92. The van der Waals surface area contributed by atoms with Crippen LogP contribution in [0.4, 0.5) is 0 Å². The number of hydrogen-bond acceptors (Lipinski definition) is 5. The van der Waals surface area contributed by atoms with Gasteiger partial charge in [-0.25, -0.2) is 13.1 Å². The molecule has 0 radical (unpaired) electrons. The van der Waals surface area contributed by atoms with E-state index >= 15 is 0 Å². The fourth-order valence-electron chi connectivity index (χ4n) is 2.42. The van der Waals surface area contributed by atoms with Gasteiger partial charge in [-0.05, 0) is 52.0 Å². The number of rotatable bonds is 5. The number of aryl methyl sites for hydroxylation is 1. The van der Waals surface area contributed by atoms with E-state index in [1.54, 1.807) is 33.8 Å². The molecule has 2 aromatic rings. The lowest BCUT2D eigenvalue weighted by Gasteiger charge is -2.24. The Kier molecular flexibility index (Phi) is 5.71. The molecule has 0 fully saturated rings. The van der Waals surface area contributed by atoms with Gasteiger partial charge in [0, 0.05) is 17.7 Å². The SMILES string of the molecule is CCSc1cc(=O)c2cc(C)cc([C@@H](C)NS(=O)(=O)C(C)(C)C)c2o1. The second kappa shape index (κ2) is 7.13. The summed E-state index contributed by atoms with van der Waals surface area (Å²) in [7, 11) is -3.53. The molecular formula is C18H25NO4S2. The van der Waals surface area contributed by atoms with Crippen molar-refractivity contribution >= 4 is 32.8 Å². The van der Waals surface area contributed by atoms with Gasteiger partial charge >= 0.3 is 0 Å². The van der Waals surface area contributed by atoms with Crippen molar-refractivity contribution < 1.29 is 12.8 Å². The highest BCUT2D eigenvalue weighted by Gasteiger charge is 2.31. The van der Waals surface area contributed by atoms with Crippen LogP contribution in [-0.2, 0) is 10.0 Å². The van der Waals surface area contributed by atoms with Gasteiger partial charge in [-0.2, -0.15) is 0 Å². The maximum Gasteiger partial charge on any atom is 0.217 e. The van der Waals surface area contributed by atoms with Crippen LogP contribution in [0.15, 0.2) is 32.5 Å². The Hall–Kier alpha value is -1.31. The van der Waals surface area contributed by atoms with Crippen LogP contribution in [-0.4, -0.2) is 18.9 Å². The number of benzene rings is 1. The first-order valence-corrected chi connectivity index (χ1v) is 10.7. The number of thioether (sulfide) groups is 1.